The molecule has 6 heteroatoms. The largest absolute Gasteiger partial charge is 0.291 e. The molecule has 0 saturated heterocycles. The lowest BCUT2D eigenvalue weighted by Gasteiger charge is -2.13. The minimum absolute atomic E-state index is 0.196. The van der Waals surface area contributed by atoms with Crippen LogP contribution in [0, 0.1) is 11.7 Å². The van der Waals surface area contributed by atoms with Crippen LogP contribution in [-0.2, 0) is 0 Å². The van der Waals surface area contributed by atoms with Crippen LogP contribution in [0.4, 0.5) is 0 Å². The van der Waals surface area contributed by atoms with Gasteiger partial charge in [-0.05, 0) is 49.6 Å². The van der Waals surface area contributed by atoms with Gasteiger partial charge in [0.2, 0.25) is 0 Å². The normalized spacial score (nSPS) is 12.7. The highest BCUT2D eigenvalue weighted by Crippen LogP contribution is 2.31. The van der Waals surface area contributed by atoms with Gasteiger partial charge in [-0.2, -0.15) is 5.10 Å². The second kappa shape index (κ2) is 5.03. The monoisotopic (exact) mass is 307 g/mol. The van der Waals surface area contributed by atoms with Crippen LogP contribution in [0.5, 0.6) is 0 Å². The molecule has 19 heavy (non-hydrogen) atoms. The van der Waals surface area contributed by atoms with Crippen molar-refractivity contribution in [1.82, 2.24) is 14.8 Å². The Labute approximate surface area is 124 Å². The Morgan fingerprint density at radius 2 is 2.21 bits per heavy atom. The first-order chi connectivity index (χ1) is 9.16. The van der Waals surface area contributed by atoms with Gasteiger partial charge in [-0.15, -0.1) is 22.7 Å². The fourth-order valence-corrected chi connectivity index (χ4v) is 3.97. The summed E-state index contributed by atoms with van der Waals surface area (Å²) in [5.74, 6) is 0.915. The van der Waals surface area contributed by atoms with Crippen molar-refractivity contribution in [2.24, 2.45) is 0 Å². The van der Waals surface area contributed by atoms with Gasteiger partial charge in [0, 0.05) is 9.75 Å². The molecule has 0 saturated carbocycles. The van der Waals surface area contributed by atoms with E-state index in [0.29, 0.717) is 4.77 Å². The summed E-state index contributed by atoms with van der Waals surface area (Å²) in [5.41, 5.74) is 0. The van der Waals surface area contributed by atoms with Crippen LogP contribution in [0.2, 0.25) is 0 Å². The molecule has 0 spiro atoms. The van der Waals surface area contributed by atoms with Gasteiger partial charge in [0.05, 0.1) is 10.9 Å². The second-order valence-corrected chi connectivity index (χ2v) is 6.98. The smallest absolute Gasteiger partial charge is 0.196 e. The van der Waals surface area contributed by atoms with Crippen molar-refractivity contribution in [3.8, 4) is 10.7 Å². The summed E-state index contributed by atoms with van der Waals surface area (Å²) in [6, 6.07) is 8.60. The zero-order valence-electron chi connectivity index (χ0n) is 10.6. The molecule has 0 radical (unpaired) electrons. The molecule has 1 atom stereocenters. The van der Waals surface area contributed by atoms with E-state index in [4.69, 9.17) is 12.2 Å². The first-order valence-electron chi connectivity index (χ1n) is 5.94. The van der Waals surface area contributed by atoms with Crippen LogP contribution in [0.1, 0.15) is 22.7 Å². The van der Waals surface area contributed by atoms with Crippen molar-refractivity contribution in [3.05, 3.63) is 44.2 Å². The number of H-pyrrole nitrogens is 1. The van der Waals surface area contributed by atoms with E-state index in [9.17, 15) is 0 Å². The molecule has 0 aliphatic carbocycles. The number of aromatic nitrogens is 3. The molecule has 0 fully saturated rings. The number of hydrogen-bond donors (Lipinski definition) is 1. The molecule has 0 aliphatic rings. The van der Waals surface area contributed by atoms with E-state index in [1.54, 1.807) is 22.7 Å². The summed E-state index contributed by atoms with van der Waals surface area (Å²) in [4.78, 5) is 3.75. The summed E-state index contributed by atoms with van der Waals surface area (Å²) < 4.78 is 2.76. The molecule has 0 bridgehead atoms. The first kappa shape index (κ1) is 12.8. The average molecular weight is 307 g/mol. The standard InChI is InChI=1S/C13H13N3S3/c1-8-5-6-10(19-8)9(2)16-12(14-15-13(16)17)11-4-3-7-18-11/h3-7,9H,1-2H3,(H,15,17). The summed E-state index contributed by atoms with van der Waals surface area (Å²) in [6.07, 6.45) is 0. The summed E-state index contributed by atoms with van der Waals surface area (Å²) in [6.45, 7) is 4.28. The van der Waals surface area contributed by atoms with Crippen LogP contribution in [0.15, 0.2) is 29.6 Å². The Kier molecular flexibility index (Phi) is 3.38. The molecule has 1 unspecified atom stereocenters. The van der Waals surface area contributed by atoms with Gasteiger partial charge in [-0.1, -0.05) is 6.07 Å². The van der Waals surface area contributed by atoms with Gasteiger partial charge >= 0.3 is 0 Å². The molecule has 3 aromatic rings. The van der Waals surface area contributed by atoms with Crippen molar-refractivity contribution < 1.29 is 0 Å². The van der Waals surface area contributed by atoms with E-state index in [1.165, 1.54) is 9.75 Å². The highest BCUT2D eigenvalue weighted by atomic mass is 32.1. The van der Waals surface area contributed by atoms with Gasteiger partial charge in [-0.3, -0.25) is 9.67 Å². The molecule has 3 heterocycles. The zero-order valence-corrected chi connectivity index (χ0v) is 13.0. The summed E-state index contributed by atoms with van der Waals surface area (Å²) >= 11 is 8.86. The van der Waals surface area contributed by atoms with Crippen LogP contribution < -0.4 is 0 Å². The predicted octanol–water partition coefficient (Wildman–Crippen LogP) is 4.65. The van der Waals surface area contributed by atoms with Gasteiger partial charge in [0.15, 0.2) is 10.6 Å². The Bertz CT molecular complexity index is 733. The fourth-order valence-electron chi connectivity index (χ4n) is 2.05. The van der Waals surface area contributed by atoms with E-state index in [2.05, 4.69) is 52.2 Å². The molecule has 0 amide bonds. The van der Waals surface area contributed by atoms with Crippen LogP contribution >= 0.6 is 34.9 Å². The SMILES string of the molecule is Cc1ccc(C(C)n2c(-c3cccs3)n[nH]c2=S)s1. The Morgan fingerprint density at radius 1 is 1.37 bits per heavy atom. The minimum atomic E-state index is 0.196. The highest BCUT2D eigenvalue weighted by molar-refractivity contribution is 7.71. The second-order valence-electron chi connectivity index (χ2n) is 4.32. The topological polar surface area (TPSA) is 33.6 Å². The van der Waals surface area contributed by atoms with Crippen molar-refractivity contribution in [1.29, 1.82) is 0 Å². The Balaban J connectivity index is 2.10. The van der Waals surface area contributed by atoms with Crippen molar-refractivity contribution in [2.75, 3.05) is 0 Å². The van der Waals surface area contributed by atoms with Crippen molar-refractivity contribution in [2.45, 2.75) is 19.9 Å². The number of hydrogen-bond acceptors (Lipinski definition) is 4. The highest BCUT2D eigenvalue weighted by Gasteiger charge is 2.17. The third kappa shape index (κ3) is 2.31. The molecule has 98 valence electrons. The van der Waals surface area contributed by atoms with Crippen LogP contribution in [-0.4, -0.2) is 14.8 Å². The van der Waals surface area contributed by atoms with Gasteiger partial charge in [0.1, 0.15) is 0 Å². The minimum Gasteiger partial charge on any atom is -0.291 e. The fraction of sp³-hybridized carbons (Fsp3) is 0.231. The quantitative estimate of drug-likeness (QED) is 0.715. The van der Waals surface area contributed by atoms with Crippen molar-refractivity contribution >= 4 is 34.9 Å². The lowest BCUT2D eigenvalue weighted by atomic mass is 10.2. The molecule has 1 N–H and O–H groups in total. The lowest BCUT2D eigenvalue weighted by molar-refractivity contribution is 0.647. The Morgan fingerprint density at radius 3 is 2.84 bits per heavy atom. The lowest BCUT2D eigenvalue weighted by Crippen LogP contribution is -2.06. The van der Waals surface area contributed by atoms with Crippen LogP contribution in [0.3, 0.4) is 0 Å². The first-order valence-corrected chi connectivity index (χ1v) is 8.04. The van der Waals surface area contributed by atoms with Gasteiger partial charge < -0.3 is 0 Å². The number of thiophene rings is 2. The molecule has 3 nitrogen and oxygen atoms in total. The third-order valence-electron chi connectivity index (χ3n) is 3.01. The molecule has 0 aromatic carbocycles. The van der Waals surface area contributed by atoms with Crippen molar-refractivity contribution in [3.63, 3.8) is 0 Å². The van der Waals surface area contributed by atoms with Crippen LogP contribution in [0.25, 0.3) is 10.7 Å². The van der Waals surface area contributed by atoms with Gasteiger partial charge in [0.25, 0.3) is 0 Å². The molecule has 3 aromatic heterocycles. The van der Waals surface area contributed by atoms with E-state index in [1.807, 2.05) is 6.07 Å². The molecular weight excluding hydrogens is 294 g/mol. The maximum absolute atomic E-state index is 5.38. The van der Waals surface area contributed by atoms with E-state index >= 15 is 0 Å². The predicted molar refractivity (Wildman–Crippen MR) is 83.6 cm³/mol. The maximum atomic E-state index is 5.38. The molecule has 3 rings (SSSR count). The Hall–Kier alpha value is -1.24. The number of aryl methyl sites for hydroxylation is 1. The summed E-state index contributed by atoms with van der Waals surface area (Å²) in [7, 11) is 0. The third-order valence-corrected chi connectivity index (χ3v) is 5.33. The zero-order chi connectivity index (χ0) is 13.4. The van der Waals surface area contributed by atoms with Gasteiger partial charge in [-0.25, -0.2) is 0 Å². The number of rotatable bonds is 3. The van der Waals surface area contributed by atoms with E-state index < -0.39 is 0 Å². The van der Waals surface area contributed by atoms with E-state index in [-0.39, 0.29) is 6.04 Å². The number of nitrogens with zero attached hydrogens (tertiary/aromatic N) is 2. The average Bonchev–Trinajstić information content (AvgIpc) is 3.07. The molecule has 0 aliphatic heterocycles. The summed E-state index contributed by atoms with van der Waals surface area (Å²) in [5, 5.41) is 9.34. The van der Waals surface area contributed by atoms with E-state index in [0.717, 1.165) is 10.7 Å². The molecular formula is C13H13N3S3. The maximum Gasteiger partial charge on any atom is 0.196 e. The number of aromatic amines is 1. The number of nitrogens with one attached hydrogen (secondary N) is 1.